The van der Waals surface area contributed by atoms with Crippen molar-refractivity contribution in [3.63, 3.8) is 0 Å². The molecule has 1 aromatic rings. The van der Waals surface area contributed by atoms with E-state index in [0.717, 1.165) is 12.1 Å². The zero-order valence-corrected chi connectivity index (χ0v) is 7.66. The van der Waals surface area contributed by atoms with E-state index in [0.29, 0.717) is 6.29 Å². The van der Waals surface area contributed by atoms with E-state index >= 15 is 0 Å². The molecule has 4 heteroatoms. The molecule has 0 fully saturated rings. The van der Waals surface area contributed by atoms with Gasteiger partial charge < -0.3 is 9.90 Å². The average molecular weight is 206 g/mol. The molecule has 1 aromatic carbocycles. The van der Waals surface area contributed by atoms with Crippen LogP contribution in [0.3, 0.4) is 0 Å². The molecule has 0 aliphatic rings. The highest BCUT2D eigenvalue weighted by molar-refractivity contribution is 5.88. The third kappa shape index (κ3) is 3.24. The first-order valence-electron chi connectivity index (χ1n) is 4.10. The molecule has 0 spiro atoms. The zero-order valence-electron chi connectivity index (χ0n) is 7.66. The van der Waals surface area contributed by atoms with Gasteiger partial charge in [-0.2, -0.15) is 0 Å². The summed E-state index contributed by atoms with van der Waals surface area (Å²) in [5.41, 5.74) is 0.0830. The third-order valence-electron chi connectivity index (χ3n) is 1.56. The number of aldehydes is 1. The van der Waals surface area contributed by atoms with Gasteiger partial charge in [-0.05, 0) is 18.2 Å². The number of hydrogen-bond acceptors (Lipinski definition) is 2. The Kier molecular flexibility index (Phi) is 3.58. The molecule has 0 amide bonds. The van der Waals surface area contributed by atoms with Gasteiger partial charge in [0.25, 0.3) is 0 Å². The van der Waals surface area contributed by atoms with E-state index in [1.807, 2.05) is 0 Å². The van der Waals surface area contributed by atoms with E-state index in [-0.39, 0.29) is 17.5 Å². The van der Waals surface area contributed by atoms with E-state index in [9.17, 15) is 14.0 Å². The van der Waals surface area contributed by atoms with Crippen molar-refractivity contribution in [2.45, 2.75) is 6.42 Å². The maximum Gasteiger partial charge on any atom is 0.335 e. The number of carbonyl (C=O) groups is 2. The molecule has 1 rings (SSSR count). The number of carboxylic acids is 1. The van der Waals surface area contributed by atoms with Crippen molar-refractivity contribution < 1.29 is 19.1 Å². The van der Waals surface area contributed by atoms with Gasteiger partial charge >= 0.3 is 5.97 Å². The van der Waals surface area contributed by atoms with Gasteiger partial charge in [0.05, 0.1) is 12.0 Å². The van der Waals surface area contributed by atoms with Crippen LogP contribution in [0.2, 0.25) is 0 Å². The Morgan fingerprint density at radius 1 is 1.47 bits per heavy atom. The summed E-state index contributed by atoms with van der Waals surface area (Å²) in [7, 11) is 0. The lowest BCUT2D eigenvalue weighted by molar-refractivity contribution is -0.107. The fourth-order valence-electron chi connectivity index (χ4n) is 0.980. The fraction of sp³-hybridized carbons (Fsp3) is 0.0909. The molecule has 0 bridgehead atoms. The number of benzene rings is 1. The van der Waals surface area contributed by atoms with Crippen molar-refractivity contribution in [3.8, 4) is 11.8 Å². The summed E-state index contributed by atoms with van der Waals surface area (Å²) in [6.45, 7) is 0. The minimum Gasteiger partial charge on any atom is -0.478 e. The number of aromatic carboxylic acids is 1. The minimum atomic E-state index is -1.21. The molecule has 0 aliphatic heterocycles. The quantitative estimate of drug-likeness (QED) is 0.588. The molecule has 15 heavy (non-hydrogen) atoms. The zero-order chi connectivity index (χ0) is 11.3. The predicted octanol–water partition coefficient (Wildman–Crippen LogP) is 1.46. The van der Waals surface area contributed by atoms with E-state index < -0.39 is 11.8 Å². The van der Waals surface area contributed by atoms with Crippen LogP contribution in [0.15, 0.2) is 18.2 Å². The van der Waals surface area contributed by atoms with Gasteiger partial charge in [0.1, 0.15) is 12.1 Å². The topological polar surface area (TPSA) is 54.4 Å². The van der Waals surface area contributed by atoms with Crippen LogP contribution >= 0.6 is 0 Å². The normalized spacial score (nSPS) is 8.87. The van der Waals surface area contributed by atoms with Crippen molar-refractivity contribution >= 4 is 12.3 Å². The second-order valence-corrected chi connectivity index (χ2v) is 2.71. The molecule has 0 saturated heterocycles. The van der Waals surface area contributed by atoms with Gasteiger partial charge in [-0.1, -0.05) is 11.8 Å². The van der Waals surface area contributed by atoms with E-state index in [2.05, 4.69) is 11.8 Å². The van der Waals surface area contributed by atoms with Crippen molar-refractivity contribution in [2.24, 2.45) is 0 Å². The van der Waals surface area contributed by atoms with Gasteiger partial charge in [-0.25, -0.2) is 9.18 Å². The summed E-state index contributed by atoms with van der Waals surface area (Å²) < 4.78 is 12.9. The third-order valence-corrected chi connectivity index (χ3v) is 1.56. The first kappa shape index (κ1) is 10.9. The summed E-state index contributed by atoms with van der Waals surface area (Å²) in [6.07, 6.45) is 0.656. The van der Waals surface area contributed by atoms with Crippen LogP contribution in [0.4, 0.5) is 4.39 Å². The molecule has 3 nitrogen and oxygen atoms in total. The molecule has 0 unspecified atom stereocenters. The van der Waals surface area contributed by atoms with Crippen LogP contribution in [0.5, 0.6) is 0 Å². The highest BCUT2D eigenvalue weighted by atomic mass is 19.1. The first-order chi connectivity index (χ1) is 7.13. The van der Waals surface area contributed by atoms with Crippen LogP contribution in [0.1, 0.15) is 22.3 Å². The second kappa shape index (κ2) is 4.91. The Balaban J connectivity index is 3.05. The van der Waals surface area contributed by atoms with Gasteiger partial charge in [0, 0.05) is 5.56 Å². The molecule has 0 radical (unpaired) electrons. The van der Waals surface area contributed by atoms with Crippen LogP contribution in [0, 0.1) is 17.7 Å². The molecule has 0 heterocycles. The molecule has 0 aromatic heterocycles. The largest absolute Gasteiger partial charge is 0.478 e. The highest BCUT2D eigenvalue weighted by Crippen LogP contribution is 2.08. The smallest absolute Gasteiger partial charge is 0.335 e. The van der Waals surface area contributed by atoms with Gasteiger partial charge in [-0.15, -0.1) is 0 Å². The molecule has 0 aliphatic carbocycles. The lowest BCUT2D eigenvalue weighted by Gasteiger charge is -1.96. The number of hydrogen-bond donors (Lipinski definition) is 1. The average Bonchev–Trinajstić information content (AvgIpc) is 2.17. The van der Waals surface area contributed by atoms with Crippen molar-refractivity contribution in [1.29, 1.82) is 0 Å². The van der Waals surface area contributed by atoms with Crippen LogP contribution in [0.25, 0.3) is 0 Å². The SMILES string of the molecule is O=CCC#Cc1cc(F)cc(C(=O)O)c1. The Hall–Kier alpha value is -2.15. The molecule has 1 N–H and O–H groups in total. The Morgan fingerprint density at radius 2 is 2.20 bits per heavy atom. The van der Waals surface area contributed by atoms with Gasteiger partial charge in [0.15, 0.2) is 0 Å². The van der Waals surface area contributed by atoms with Crippen LogP contribution < -0.4 is 0 Å². The molecule has 76 valence electrons. The summed E-state index contributed by atoms with van der Waals surface area (Å²) in [6, 6.07) is 3.28. The minimum absolute atomic E-state index is 0.0406. The van der Waals surface area contributed by atoms with Crippen LogP contribution in [-0.2, 0) is 4.79 Å². The standard InChI is InChI=1S/C11H7FO3/c12-10-6-8(3-1-2-4-13)5-9(7-10)11(14)15/h4-7H,2H2,(H,14,15). The number of halogens is 1. The van der Waals surface area contributed by atoms with E-state index in [1.165, 1.54) is 6.07 Å². The summed E-state index contributed by atoms with van der Waals surface area (Å²) in [5, 5.41) is 8.63. The van der Waals surface area contributed by atoms with Crippen molar-refractivity contribution in [3.05, 3.63) is 35.1 Å². The first-order valence-corrected chi connectivity index (χ1v) is 4.10. The summed E-state index contributed by atoms with van der Waals surface area (Å²) in [5.74, 6) is 3.09. The summed E-state index contributed by atoms with van der Waals surface area (Å²) >= 11 is 0. The second-order valence-electron chi connectivity index (χ2n) is 2.71. The van der Waals surface area contributed by atoms with Crippen molar-refractivity contribution in [1.82, 2.24) is 0 Å². The molecular weight excluding hydrogens is 199 g/mol. The monoisotopic (exact) mass is 206 g/mol. The van der Waals surface area contributed by atoms with E-state index in [1.54, 1.807) is 0 Å². The predicted molar refractivity (Wildman–Crippen MR) is 50.9 cm³/mol. The highest BCUT2D eigenvalue weighted by Gasteiger charge is 2.05. The van der Waals surface area contributed by atoms with Gasteiger partial charge in [0.2, 0.25) is 0 Å². The molecular formula is C11H7FO3. The maximum atomic E-state index is 12.9. The number of carboxylic acid groups (broad SMARTS) is 1. The maximum absolute atomic E-state index is 12.9. The number of rotatable bonds is 2. The molecule has 0 atom stereocenters. The van der Waals surface area contributed by atoms with Gasteiger partial charge in [-0.3, -0.25) is 0 Å². The molecule has 0 saturated carbocycles. The lowest BCUT2D eigenvalue weighted by Crippen LogP contribution is -1.97. The Morgan fingerprint density at radius 3 is 2.80 bits per heavy atom. The summed E-state index contributed by atoms with van der Waals surface area (Å²) in [4.78, 5) is 20.5. The Labute approximate surface area is 85.5 Å². The fourth-order valence-corrected chi connectivity index (χ4v) is 0.980. The number of carbonyl (C=O) groups excluding carboxylic acids is 1. The lowest BCUT2D eigenvalue weighted by atomic mass is 10.1. The van der Waals surface area contributed by atoms with Crippen molar-refractivity contribution in [2.75, 3.05) is 0 Å². The van der Waals surface area contributed by atoms with Crippen LogP contribution in [-0.4, -0.2) is 17.4 Å². The Bertz CT molecular complexity index is 455. The van der Waals surface area contributed by atoms with E-state index in [4.69, 9.17) is 5.11 Å².